The molecule has 112 valence electrons. The molecule has 0 saturated carbocycles. The molecule has 1 aromatic rings. The predicted octanol–water partition coefficient (Wildman–Crippen LogP) is 1.60. The van der Waals surface area contributed by atoms with Crippen molar-refractivity contribution >= 4 is 5.91 Å². The summed E-state index contributed by atoms with van der Waals surface area (Å²) in [6, 6.07) is 7.23. The Balaban J connectivity index is 2.45. The van der Waals surface area contributed by atoms with Crippen molar-refractivity contribution in [2.24, 2.45) is 5.41 Å². The minimum Gasteiger partial charge on any atom is -0.490 e. The summed E-state index contributed by atoms with van der Waals surface area (Å²) in [6.07, 6.45) is 0. The van der Waals surface area contributed by atoms with Crippen LogP contribution in [0.3, 0.4) is 0 Å². The smallest absolute Gasteiger partial charge is 0.257 e. The van der Waals surface area contributed by atoms with Gasteiger partial charge in [-0.15, -0.1) is 0 Å². The quantitative estimate of drug-likeness (QED) is 0.759. The Bertz CT molecular complexity index is 432. The summed E-state index contributed by atoms with van der Waals surface area (Å²) in [6.45, 7) is 6.51. The maximum Gasteiger partial charge on any atom is 0.257 e. The van der Waals surface area contributed by atoms with Crippen molar-refractivity contribution in [3.8, 4) is 11.5 Å². The lowest BCUT2D eigenvalue weighted by atomic mass is 9.95. The van der Waals surface area contributed by atoms with Gasteiger partial charge in [0.2, 0.25) is 0 Å². The summed E-state index contributed by atoms with van der Waals surface area (Å²) in [5.74, 6) is 0.947. The first-order valence-corrected chi connectivity index (χ1v) is 6.70. The Morgan fingerprint density at radius 2 is 1.85 bits per heavy atom. The number of hydrogen-bond acceptors (Lipinski definition) is 4. The van der Waals surface area contributed by atoms with E-state index in [4.69, 9.17) is 14.6 Å². The fourth-order valence-electron chi connectivity index (χ4n) is 1.43. The van der Waals surface area contributed by atoms with E-state index in [1.54, 1.807) is 12.1 Å². The second-order valence-corrected chi connectivity index (χ2v) is 5.27. The highest BCUT2D eigenvalue weighted by molar-refractivity contribution is 5.77. The van der Waals surface area contributed by atoms with Crippen LogP contribution < -0.4 is 14.8 Å². The summed E-state index contributed by atoms with van der Waals surface area (Å²) in [5, 5.41) is 11.8. The summed E-state index contributed by atoms with van der Waals surface area (Å²) in [4.78, 5) is 11.7. The van der Waals surface area contributed by atoms with Crippen LogP contribution in [0.2, 0.25) is 0 Å². The van der Waals surface area contributed by atoms with E-state index >= 15 is 0 Å². The van der Waals surface area contributed by atoms with Crippen LogP contribution in [0.15, 0.2) is 24.3 Å². The van der Waals surface area contributed by atoms with Crippen LogP contribution in [0.4, 0.5) is 0 Å². The number of benzene rings is 1. The number of para-hydroxylation sites is 2. The first-order chi connectivity index (χ1) is 9.48. The Labute approximate surface area is 119 Å². The Morgan fingerprint density at radius 1 is 1.25 bits per heavy atom. The molecule has 5 nitrogen and oxygen atoms in total. The maximum atomic E-state index is 11.7. The zero-order valence-electron chi connectivity index (χ0n) is 12.3. The van der Waals surface area contributed by atoms with Crippen molar-refractivity contribution in [3.05, 3.63) is 24.3 Å². The molecule has 1 aromatic carbocycles. The van der Waals surface area contributed by atoms with Gasteiger partial charge in [-0.2, -0.15) is 0 Å². The second kappa shape index (κ2) is 7.75. The fraction of sp³-hybridized carbons (Fsp3) is 0.533. The summed E-state index contributed by atoms with van der Waals surface area (Å²) >= 11 is 0. The van der Waals surface area contributed by atoms with Gasteiger partial charge in [-0.05, 0) is 19.1 Å². The molecule has 0 spiro atoms. The monoisotopic (exact) mass is 281 g/mol. The zero-order valence-corrected chi connectivity index (χ0v) is 12.3. The van der Waals surface area contributed by atoms with Crippen LogP contribution >= 0.6 is 0 Å². The number of aliphatic hydroxyl groups excluding tert-OH is 1. The van der Waals surface area contributed by atoms with Gasteiger partial charge in [-0.3, -0.25) is 4.79 Å². The molecule has 2 N–H and O–H groups in total. The number of rotatable bonds is 8. The standard InChI is InChI=1S/C15H23NO4/c1-4-19-12-7-5-6-8-13(12)20-9-14(18)16-10-15(2,3)11-17/h5-8,17H,4,9-11H2,1-3H3,(H,16,18). The van der Waals surface area contributed by atoms with Gasteiger partial charge >= 0.3 is 0 Å². The summed E-state index contributed by atoms with van der Waals surface area (Å²) in [7, 11) is 0. The minimum absolute atomic E-state index is 0.0152. The van der Waals surface area contributed by atoms with Gasteiger partial charge in [-0.25, -0.2) is 0 Å². The Morgan fingerprint density at radius 3 is 2.40 bits per heavy atom. The van der Waals surface area contributed by atoms with Gasteiger partial charge in [0.15, 0.2) is 18.1 Å². The first kappa shape index (κ1) is 16.3. The molecule has 0 heterocycles. The molecule has 20 heavy (non-hydrogen) atoms. The van der Waals surface area contributed by atoms with Crippen LogP contribution in [0.5, 0.6) is 11.5 Å². The highest BCUT2D eigenvalue weighted by Crippen LogP contribution is 2.26. The molecule has 1 rings (SSSR count). The summed E-state index contributed by atoms with van der Waals surface area (Å²) in [5.41, 5.74) is -0.334. The highest BCUT2D eigenvalue weighted by Gasteiger charge is 2.17. The van der Waals surface area contributed by atoms with Crippen molar-refractivity contribution in [2.75, 3.05) is 26.4 Å². The number of ether oxygens (including phenoxy) is 2. The number of nitrogens with one attached hydrogen (secondary N) is 1. The van der Waals surface area contributed by atoms with Gasteiger partial charge in [-0.1, -0.05) is 26.0 Å². The lowest BCUT2D eigenvalue weighted by Gasteiger charge is -2.21. The van der Waals surface area contributed by atoms with Crippen LogP contribution in [0, 0.1) is 5.41 Å². The van der Waals surface area contributed by atoms with Gasteiger partial charge in [0.1, 0.15) is 0 Å². The molecule has 0 aliphatic heterocycles. The normalized spacial score (nSPS) is 11.0. The lowest BCUT2D eigenvalue weighted by Crippen LogP contribution is -2.38. The molecular formula is C15H23NO4. The largest absolute Gasteiger partial charge is 0.490 e. The molecule has 0 atom stereocenters. The molecule has 0 aromatic heterocycles. The topological polar surface area (TPSA) is 67.8 Å². The van der Waals surface area contributed by atoms with Crippen LogP contribution in [0.25, 0.3) is 0 Å². The molecule has 0 saturated heterocycles. The number of hydrogen-bond donors (Lipinski definition) is 2. The molecule has 0 radical (unpaired) electrons. The van der Waals surface area contributed by atoms with Crippen molar-refractivity contribution < 1.29 is 19.4 Å². The predicted molar refractivity (Wildman–Crippen MR) is 77.0 cm³/mol. The van der Waals surface area contributed by atoms with Gasteiger partial charge in [0.25, 0.3) is 5.91 Å². The van der Waals surface area contributed by atoms with Crippen LogP contribution in [0.1, 0.15) is 20.8 Å². The number of aliphatic hydroxyl groups is 1. The maximum absolute atomic E-state index is 11.7. The second-order valence-electron chi connectivity index (χ2n) is 5.27. The van der Waals surface area contributed by atoms with Crippen LogP contribution in [-0.4, -0.2) is 37.4 Å². The molecule has 0 unspecified atom stereocenters. The van der Waals surface area contributed by atoms with E-state index in [0.717, 1.165) is 0 Å². The highest BCUT2D eigenvalue weighted by atomic mass is 16.5. The van der Waals surface area contributed by atoms with Gasteiger partial charge in [0.05, 0.1) is 6.61 Å². The van der Waals surface area contributed by atoms with Crippen molar-refractivity contribution in [2.45, 2.75) is 20.8 Å². The molecule has 0 fully saturated rings. The summed E-state index contributed by atoms with van der Waals surface area (Å²) < 4.78 is 10.9. The number of carbonyl (C=O) groups excluding carboxylic acids is 1. The van der Waals surface area contributed by atoms with Crippen molar-refractivity contribution in [1.82, 2.24) is 5.32 Å². The van der Waals surface area contributed by atoms with E-state index in [2.05, 4.69) is 5.32 Å². The molecular weight excluding hydrogens is 258 g/mol. The van der Waals surface area contributed by atoms with E-state index in [1.165, 1.54) is 0 Å². The minimum atomic E-state index is -0.334. The zero-order chi connectivity index (χ0) is 15.0. The SMILES string of the molecule is CCOc1ccccc1OCC(=O)NCC(C)(C)CO. The third-order valence-electron chi connectivity index (χ3n) is 2.70. The Hall–Kier alpha value is -1.75. The molecule has 0 aliphatic rings. The van der Waals surface area contributed by atoms with E-state index in [-0.39, 0.29) is 24.5 Å². The number of carbonyl (C=O) groups is 1. The van der Waals surface area contributed by atoms with Crippen molar-refractivity contribution in [3.63, 3.8) is 0 Å². The molecule has 1 amide bonds. The van der Waals surface area contributed by atoms with Gasteiger partial charge < -0.3 is 19.9 Å². The lowest BCUT2D eigenvalue weighted by molar-refractivity contribution is -0.123. The van der Waals surface area contributed by atoms with E-state index in [1.807, 2.05) is 32.9 Å². The Kier molecular flexibility index (Phi) is 6.31. The molecule has 0 bridgehead atoms. The third-order valence-corrected chi connectivity index (χ3v) is 2.70. The van der Waals surface area contributed by atoms with E-state index in [0.29, 0.717) is 24.7 Å². The third kappa shape index (κ3) is 5.48. The average Bonchev–Trinajstić information content (AvgIpc) is 2.44. The first-order valence-electron chi connectivity index (χ1n) is 6.70. The van der Waals surface area contributed by atoms with Gasteiger partial charge in [0, 0.05) is 18.6 Å². The van der Waals surface area contributed by atoms with E-state index < -0.39 is 0 Å². The number of amides is 1. The van der Waals surface area contributed by atoms with Crippen molar-refractivity contribution in [1.29, 1.82) is 0 Å². The van der Waals surface area contributed by atoms with E-state index in [9.17, 15) is 4.79 Å². The fourth-order valence-corrected chi connectivity index (χ4v) is 1.43. The molecule has 5 heteroatoms. The molecule has 0 aliphatic carbocycles. The average molecular weight is 281 g/mol. The van der Waals surface area contributed by atoms with Crippen LogP contribution in [-0.2, 0) is 4.79 Å².